The van der Waals surface area contributed by atoms with Crippen LogP contribution in [0.15, 0.2) is 42.6 Å². The van der Waals surface area contributed by atoms with Crippen molar-refractivity contribution in [2.75, 3.05) is 12.4 Å². The maximum atomic E-state index is 12.1. The van der Waals surface area contributed by atoms with Crippen LogP contribution < -0.4 is 5.32 Å². The number of anilines is 1. The third-order valence-corrected chi connectivity index (χ3v) is 2.95. The summed E-state index contributed by atoms with van der Waals surface area (Å²) < 4.78 is 4.63. The van der Waals surface area contributed by atoms with E-state index >= 15 is 0 Å². The summed E-state index contributed by atoms with van der Waals surface area (Å²) >= 11 is 0. The number of pyridine rings is 1. The molecule has 0 aliphatic carbocycles. The number of aromatic nitrogens is 1. The lowest BCUT2D eigenvalue weighted by molar-refractivity contribution is -0.139. The molecule has 6 heteroatoms. The molecule has 110 valence electrons. The van der Waals surface area contributed by atoms with Crippen molar-refractivity contribution in [3.8, 4) is 6.07 Å². The number of ether oxygens (including phenoxy) is 1. The Labute approximate surface area is 127 Å². The Morgan fingerprint density at radius 1 is 1.32 bits per heavy atom. The molecule has 0 spiro atoms. The minimum Gasteiger partial charge on any atom is -0.469 e. The molecule has 0 aliphatic heterocycles. The molecular weight excluding hydrogens is 282 g/mol. The topological polar surface area (TPSA) is 92.1 Å². The van der Waals surface area contributed by atoms with Crippen molar-refractivity contribution in [3.05, 3.63) is 59.4 Å². The number of esters is 1. The lowest BCUT2D eigenvalue weighted by atomic mass is 10.1. The van der Waals surface area contributed by atoms with E-state index in [1.54, 1.807) is 30.3 Å². The number of carbonyl (C=O) groups excluding carboxylic acids is 2. The maximum absolute atomic E-state index is 12.1. The van der Waals surface area contributed by atoms with E-state index in [0.29, 0.717) is 16.8 Å². The van der Waals surface area contributed by atoms with Gasteiger partial charge in [-0.05, 0) is 29.8 Å². The van der Waals surface area contributed by atoms with Crippen LogP contribution in [0.5, 0.6) is 0 Å². The van der Waals surface area contributed by atoms with E-state index < -0.39 is 11.9 Å². The molecule has 0 radical (unpaired) electrons. The van der Waals surface area contributed by atoms with Crippen LogP contribution in [0.2, 0.25) is 0 Å². The predicted molar refractivity (Wildman–Crippen MR) is 79.1 cm³/mol. The fourth-order valence-corrected chi connectivity index (χ4v) is 1.83. The number of nitriles is 1. The van der Waals surface area contributed by atoms with E-state index in [2.05, 4.69) is 15.0 Å². The largest absolute Gasteiger partial charge is 0.469 e. The first kappa shape index (κ1) is 15.2. The highest BCUT2D eigenvalue weighted by Gasteiger charge is 2.13. The molecule has 22 heavy (non-hydrogen) atoms. The van der Waals surface area contributed by atoms with Crippen LogP contribution >= 0.6 is 0 Å². The number of carbonyl (C=O) groups is 2. The van der Waals surface area contributed by atoms with Crippen LogP contribution in [0.4, 0.5) is 5.69 Å². The molecule has 0 saturated heterocycles. The van der Waals surface area contributed by atoms with Crippen LogP contribution in [0.25, 0.3) is 0 Å². The van der Waals surface area contributed by atoms with E-state index in [-0.39, 0.29) is 12.1 Å². The van der Waals surface area contributed by atoms with Gasteiger partial charge in [0.25, 0.3) is 5.91 Å². The Kier molecular flexibility index (Phi) is 4.83. The molecule has 1 heterocycles. The van der Waals surface area contributed by atoms with E-state index in [9.17, 15) is 9.59 Å². The van der Waals surface area contributed by atoms with Gasteiger partial charge in [-0.1, -0.05) is 12.1 Å². The second-order valence-electron chi connectivity index (χ2n) is 4.41. The van der Waals surface area contributed by atoms with Crippen molar-refractivity contribution in [2.24, 2.45) is 0 Å². The molecule has 1 aromatic carbocycles. The van der Waals surface area contributed by atoms with Crippen molar-refractivity contribution in [1.82, 2.24) is 4.98 Å². The summed E-state index contributed by atoms with van der Waals surface area (Å²) in [6.45, 7) is 0. The molecule has 0 atom stereocenters. The highest BCUT2D eigenvalue weighted by atomic mass is 16.5. The van der Waals surface area contributed by atoms with Gasteiger partial charge in [0.1, 0.15) is 5.69 Å². The minimum absolute atomic E-state index is 0.0000398. The molecule has 6 nitrogen and oxygen atoms in total. The van der Waals surface area contributed by atoms with Crippen molar-refractivity contribution < 1.29 is 14.3 Å². The number of amides is 1. The molecule has 0 fully saturated rings. The second kappa shape index (κ2) is 6.99. The lowest BCUT2D eigenvalue weighted by Crippen LogP contribution is -2.16. The quantitative estimate of drug-likeness (QED) is 0.870. The summed E-state index contributed by atoms with van der Waals surface area (Å²) in [6.07, 6.45) is 1.51. The number of benzene rings is 1. The van der Waals surface area contributed by atoms with Gasteiger partial charge in [-0.25, -0.2) is 0 Å². The third-order valence-electron chi connectivity index (χ3n) is 2.95. The molecule has 0 unspecified atom stereocenters. The SMILES string of the molecule is COC(=O)Cc1ccc(C#N)cc1NC(=O)c1ccccn1. The Hall–Kier alpha value is -3.20. The van der Waals surface area contributed by atoms with E-state index in [4.69, 9.17) is 5.26 Å². The molecule has 1 amide bonds. The molecule has 2 rings (SSSR count). The van der Waals surface area contributed by atoms with Crippen LogP contribution in [0.3, 0.4) is 0 Å². The zero-order valence-electron chi connectivity index (χ0n) is 11.9. The van der Waals surface area contributed by atoms with Gasteiger partial charge in [0.05, 0.1) is 25.2 Å². The van der Waals surface area contributed by atoms with Crippen LogP contribution in [-0.2, 0) is 16.0 Å². The minimum atomic E-state index is -0.432. The predicted octanol–water partition coefficient (Wildman–Crippen LogP) is 1.92. The molecule has 1 N–H and O–H groups in total. The average Bonchev–Trinajstić information content (AvgIpc) is 2.56. The summed E-state index contributed by atoms with van der Waals surface area (Å²) in [4.78, 5) is 27.5. The van der Waals surface area contributed by atoms with Crippen molar-refractivity contribution in [1.29, 1.82) is 5.26 Å². The van der Waals surface area contributed by atoms with Gasteiger partial charge in [0.15, 0.2) is 0 Å². The standard InChI is InChI=1S/C16H13N3O3/c1-22-15(20)9-12-6-5-11(10-17)8-14(12)19-16(21)13-4-2-3-7-18-13/h2-8H,9H2,1H3,(H,19,21). The summed E-state index contributed by atoms with van der Waals surface area (Å²) in [5.41, 5.74) is 1.58. The highest BCUT2D eigenvalue weighted by Crippen LogP contribution is 2.19. The van der Waals surface area contributed by atoms with Gasteiger partial charge < -0.3 is 10.1 Å². The molecule has 0 aliphatic rings. The molecule has 0 bridgehead atoms. The number of nitrogens with zero attached hydrogens (tertiary/aromatic N) is 2. The first-order chi connectivity index (χ1) is 10.6. The number of methoxy groups -OCH3 is 1. The van der Waals surface area contributed by atoms with Gasteiger partial charge in [-0.15, -0.1) is 0 Å². The Morgan fingerprint density at radius 2 is 2.14 bits per heavy atom. The number of hydrogen-bond donors (Lipinski definition) is 1. The highest BCUT2D eigenvalue weighted by molar-refractivity contribution is 6.03. The molecular formula is C16H13N3O3. The molecule has 1 aromatic heterocycles. The van der Waals surface area contributed by atoms with Crippen molar-refractivity contribution in [2.45, 2.75) is 6.42 Å². The third kappa shape index (κ3) is 3.67. The van der Waals surface area contributed by atoms with Crippen LogP contribution in [0, 0.1) is 11.3 Å². The summed E-state index contributed by atoms with van der Waals surface area (Å²) in [7, 11) is 1.29. The van der Waals surface area contributed by atoms with Crippen LogP contribution in [-0.4, -0.2) is 24.0 Å². The second-order valence-corrected chi connectivity index (χ2v) is 4.41. The van der Waals surface area contributed by atoms with E-state index in [1.165, 1.54) is 19.4 Å². The average molecular weight is 295 g/mol. The fourth-order valence-electron chi connectivity index (χ4n) is 1.83. The van der Waals surface area contributed by atoms with E-state index in [0.717, 1.165) is 0 Å². The van der Waals surface area contributed by atoms with Gasteiger partial charge in [0, 0.05) is 11.9 Å². The monoisotopic (exact) mass is 295 g/mol. The lowest BCUT2D eigenvalue weighted by Gasteiger charge is -2.10. The Bertz CT molecular complexity index is 736. The van der Waals surface area contributed by atoms with Crippen molar-refractivity contribution in [3.63, 3.8) is 0 Å². The number of nitrogens with one attached hydrogen (secondary N) is 1. The zero-order valence-corrected chi connectivity index (χ0v) is 11.9. The summed E-state index contributed by atoms with van der Waals surface area (Å²) in [5.74, 6) is -0.847. The summed E-state index contributed by atoms with van der Waals surface area (Å²) in [5, 5.41) is 11.6. The normalized spacial score (nSPS) is 9.64. The number of hydrogen-bond acceptors (Lipinski definition) is 5. The maximum Gasteiger partial charge on any atom is 0.310 e. The first-order valence-corrected chi connectivity index (χ1v) is 6.46. The van der Waals surface area contributed by atoms with Gasteiger partial charge in [-0.2, -0.15) is 5.26 Å². The van der Waals surface area contributed by atoms with E-state index in [1.807, 2.05) is 6.07 Å². The van der Waals surface area contributed by atoms with Crippen LogP contribution in [0.1, 0.15) is 21.6 Å². The molecule has 0 saturated carbocycles. The first-order valence-electron chi connectivity index (χ1n) is 6.46. The zero-order chi connectivity index (χ0) is 15.9. The van der Waals surface area contributed by atoms with Gasteiger partial charge in [-0.3, -0.25) is 14.6 Å². The number of rotatable bonds is 4. The fraction of sp³-hybridized carbons (Fsp3) is 0.125. The summed E-state index contributed by atoms with van der Waals surface area (Å²) in [6, 6.07) is 11.7. The van der Waals surface area contributed by atoms with Gasteiger partial charge >= 0.3 is 5.97 Å². The van der Waals surface area contributed by atoms with Crippen molar-refractivity contribution >= 4 is 17.6 Å². The Morgan fingerprint density at radius 3 is 2.77 bits per heavy atom. The van der Waals surface area contributed by atoms with Gasteiger partial charge in [0.2, 0.25) is 0 Å². The molecule has 2 aromatic rings. The smallest absolute Gasteiger partial charge is 0.310 e. The Balaban J connectivity index is 2.29.